The van der Waals surface area contributed by atoms with Gasteiger partial charge in [-0.2, -0.15) is 0 Å². The van der Waals surface area contributed by atoms with E-state index >= 15 is 0 Å². The van der Waals surface area contributed by atoms with Crippen LogP contribution in [0.3, 0.4) is 0 Å². The quantitative estimate of drug-likeness (QED) is 0.268. The number of piperidine rings is 1. The Balaban J connectivity index is 1.86. The Morgan fingerprint density at radius 3 is 2.81 bits per heavy atom. The van der Waals surface area contributed by atoms with Gasteiger partial charge < -0.3 is 9.47 Å². The van der Waals surface area contributed by atoms with Crippen LogP contribution in [0.1, 0.15) is 57.4 Å². The predicted molar refractivity (Wildman–Crippen MR) is 108 cm³/mol. The van der Waals surface area contributed by atoms with Crippen LogP contribution in [0, 0.1) is 5.92 Å². The molecule has 6 nitrogen and oxygen atoms in total. The van der Waals surface area contributed by atoms with Gasteiger partial charge in [-0.05, 0) is 43.5 Å². The Morgan fingerprint density at radius 2 is 2.07 bits per heavy atom. The number of rotatable bonds is 11. The van der Waals surface area contributed by atoms with Crippen LogP contribution in [0.4, 0.5) is 0 Å². The number of likely N-dealkylation sites (tertiary alicyclic amines) is 1. The molecule has 1 aromatic rings. The van der Waals surface area contributed by atoms with Crippen LogP contribution in [0.2, 0.25) is 0 Å². The van der Waals surface area contributed by atoms with E-state index in [-0.39, 0.29) is 11.8 Å². The van der Waals surface area contributed by atoms with Crippen molar-refractivity contribution in [3.63, 3.8) is 0 Å². The fraction of sp³-hybridized carbons (Fsp3) is 0.667. The average Bonchev–Trinajstić information content (AvgIpc) is 2.70. The van der Waals surface area contributed by atoms with Crippen molar-refractivity contribution in [1.82, 2.24) is 10.3 Å². The van der Waals surface area contributed by atoms with Gasteiger partial charge in [0.15, 0.2) is 11.5 Å². The molecule has 0 radical (unpaired) electrons. The molecule has 1 aliphatic heterocycles. The van der Waals surface area contributed by atoms with Crippen LogP contribution in [0.5, 0.6) is 11.5 Å². The zero-order valence-corrected chi connectivity index (χ0v) is 16.8. The molecular formula is C21H35N3O3. The van der Waals surface area contributed by atoms with Crippen LogP contribution >= 0.6 is 0 Å². The number of hydrazine groups is 1. The van der Waals surface area contributed by atoms with Crippen molar-refractivity contribution in [3.8, 4) is 11.5 Å². The molecule has 0 saturated carbocycles. The second kappa shape index (κ2) is 11.8. The molecule has 2 rings (SSSR count). The molecule has 1 unspecified atom stereocenters. The van der Waals surface area contributed by atoms with Gasteiger partial charge in [-0.3, -0.25) is 15.1 Å². The van der Waals surface area contributed by atoms with Crippen molar-refractivity contribution in [1.29, 1.82) is 0 Å². The van der Waals surface area contributed by atoms with E-state index in [1.807, 2.05) is 12.1 Å². The molecule has 1 fully saturated rings. The van der Waals surface area contributed by atoms with E-state index in [0.29, 0.717) is 0 Å². The number of nitrogens with zero attached hydrogens (tertiary/aromatic N) is 1. The summed E-state index contributed by atoms with van der Waals surface area (Å²) in [5.41, 5.74) is 3.44. The van der Waals surface area contributed by atoms with Crippen molar-refractivity contribution in [2.45, 2.75) is 58.4 Å². The SMILES string of the molecule is CCCCCCCOc1ccc(CN2CCCC(C(=O)NN)C2)cc1OC. The van der Waals surface area contributed by atoms with Crippen molar-refractivity contribution in [2.75, 3.05) is 26.8 Å². The van der Waals surface area contributed by atoms with Crippen molar-refractivity contribution >= 4 is 5.91 Å². The molecule has 6 heteroatoms. The number of benzene rings is 1. The summed E-state index contributed by atoms with van der Waals surface area (Å²) in [6.45, 7) is 5.47. The van der Waals surface area contributed by atoms with Gasteiger partial charge >= 0.3 is 0 Å². The predicted octanol–water partition coefficient (Wildman–Crippen LogP) is 3.25. The smallest absolute Gasteiger partial charge is 0.238 e. The molecule has 0 bridgehead atoms. The Kier molecular flexibility index (Phi) is 9.42. The van der Waals surface area contributed by atoms with E-state index < -0.39 is 0 Å². The molecular weight excluding hydrogens is 342 g/mol. The highest BCUT2D eigenvalue weighted by Crippen LogP contribution is 2.29. The van der Waals surface area contributed by atoms with Gasteiger partial charge in [-0.15, -0.1) is 0 Å². The molecule has 1 atom stereocenters. The average molecular weight is 378 g/mol. The summed E-state index contributed by atoms with van der Waals surface area (Å²) in [5, 5.41) is 0. The normalized spacial score (nSPS) is 17.5. The molecule has 1 aliphatic rings. The minimum Gasteiger partial charge on any atom is -0.493 e. The number of hydrogen-bond donors (Lipinski definition) is 2. The first-order valence-corrected chi connectivity index (χ1v) is 10.2. The van der Waals surface area contributed by atoms with Gasteiger partial charge in [0.2, 0.25) is 5.91 Å². The number of carbonyl (C=O) groups is 1. The zero-order valence-electron chi connectivity index (χ0n) is 16.8. The molecule has 27 heavy (non-hydrogen) atoms. The minimum absolute atomic E-state index is 0.0269. The summed E-state index contributed by atoms with van der Waals surface area (Å²) >= 11 is 0. The number of methoxy groups -OCH3 is 1. The first-order valence-electron chi connectivity index (χ1n) is 10.2. The van der Waals surface area contributed by atoms with Crippen LogP contribution in [-0.2, 0) is 11.3 Å². The van der Waals surface area contributed by atoms with E-state index in [1.54, 1.807) is 7.11 Å². The minimum atomic E-state index is -0.0695. The third kappa shape index (κ3) is 7.03. The van der Waals surface area contributed by atoms with Gasteiger partial charge in [0.1, 0.15) is 0 Å². The molecule has 1 aromatic carbocycles. The van der Waals surface area contributed by atoms with Crippen molar-refractivity contribution in [3.05, 3.63) is 23.8 Å². The highest BCUT2D eigenvalue weighted by molar-refractivity contribution is 5.78. The number of amides is 1. The lowest BCUT2D eigenvalue weighted by Crippen LogP contribution is -2.44. The Bertz CT molecular complexity index is 580. The summed E-state index contributed by atoms with van der Waals surface area (Å²) in [4.78, 5) is 14.1. The summed E-state index contributed by atoms with van der Waals surface area (Å²) in [6.07, 6.45) is 8.01. The fourth-order valence-electron chi connectivity index (χ4n) is 3.61. The van der Waals surface area contributed by atoms with Gasteiger partial charge in [-0.1, -0.05) is 38.7 Å². The molecule has 3 N–H and O–H groups in total. The maximum atomic E-state index is 11.8. The summed E-state index contributed by atoms with van der Waals surface area (Å²) in [5.74, 6) is 6.76. The number of carbonyl (C=O) groups excluding carboxylic acids is 1. The summed E-state index contributed by atoms with van der Waals surface area (Å²) in [7, 11) is 1.68. The van der Waals surface area contributed by atoms with E-state index in [9.17, 15) is 4.79 Å². The maximum absolute atomic E-state index is 11.8. The Labute approximate surface area is 163 Å². The third-order valence-corrected chi connectivity index (χ3v) is 5.16. The van der Waals surface area contributed by atoms with E-state index in [1.165, 1.54) is 25.7 Å². The first kappa shape index (κ1) is 21.5. The van der Waals surface area contributed by atoms with Crippen LogP contribution in [0.15, 0.2) is 18.2 Å². The van der Waals surface area contributed by atoms with E-state index in [4.69, 9.17) is 15.3 Å². The lowest BCUT2D eigenvalue weighted by atomic mass is 9.97. The van der Waals surface area contributed by atoms with E-state index in [2.05, 4.69) is 23.3 Å². The standard InChI is InChI=1S/C21H35N3O3/c1-3-4-5-6-7-13-27-19-11-10-17(14-20(19)26-2)15-24-12-8-9-18(16-24)21(25)23-22/h10-11,14,18H,3-9,12-13,15-16,22H2,1-2H3,(H,23,25). The number of hydrogen-bond acceptors (Lipinski definition) is 5. The second-order valence-electron chi connectivity index (χ2n) is 7.33. The third-order valence-electron chi connectivity index (χ3n) is 5.16. The first-order chi connectivity index (χ1) is 13.2. The molecule has 1 amide bonds. The molecule has 152 valence electrons. The van der Waals surface area contributed by atoms with Gasteiger partial charge in [0, 0.05) is 13.1 Å². The van der Waals surface area contributed by atoms with Crippen LogP contribution in [0.25, 0.3) is 0 Å². The van der Waals surface area contributed by atoms with Gasteiger partial charge in [0.05, 0.1) is 19.6 Å². The molecule has 1 saturated heterocycles. The maximum Gasteiger partial charge on any atom is 0.238 e. The number of unbranched alkanes of at least 4 members (excludes halogenated alkanes) is 4. The fourth-order valence-corrected chi connectivity index (χ4v) is 3.61. The van der Waals surface area contributed by atoms with Gasteiger partial charge in [-0.25, -0.2) is 5.84 Å². The monoisotopic (exact) mass is 377 g/mol. The topological polar surface area (TPSA) is 76.8 Å². The molecule has 0 aromatic heterocycles. The zero-order chi connectivity index (χ0) is 19.5. The van der Waals surface area contributed by atoms with Crippen molar-refractivity contribution < 1.29 is 14.3 Å². The molecule has 0 spiro atoms. The summed E-state index contributed by atoms with van der Waals surface area (Å²) in [6, 6.07) is 6.12. The number of ether oxygens (including phenoxy) is 2. The largest absolute Gasteiger partial charge is 0.493 e. The van der Waals surface area contributed by atoms with Crippen molar-refractivity contribution in [2.24, 2.45) is 11.8 Å². The Morgan fingerprint density at radius 1 is 1.26 bits per heavy atom. The highest BCUT2D eigenvalue weighted by atomic mass is 16.5. The number of nitrogens with two attached hydrogens (primary N) is 1. The van der Waals surface area contributed by atoms with Gasteiger partial charge in [0.25, 0.3) is 0 Å². The number of nitrogens with one attached hydrogen (secondary N) is 1. The van der Waals surface area contributed by atoms with Crippen LogP contribution < -0.4 is 20.7 Å². The summed E-state index contributed by atoms with van der Waals surface area (Å²) < 4.78 is 11.4. The second-order valence-corrected chi connectivity index (χ2v) is 7.33. The molecule has 0 aliphatic carbocycles. The van der Waals surface area contributed by atoms with E-state index in [0.717, 1.165) is 62.6 Å². The van der Waals surface area contributed by atoms with Crippen LogP contribution in [-0.4, -0.2) is 37.6 Å². The molecule has 1 heterocycles. The lowest BCUT2D eigenvalue weighted by molar-refractivity contribution is -0.126. The lowest BCUT2D eigenvalue weighted by Gasteiger charge is -2.31. The highest BCUT2D eigenvalue weighted by Gasteiger charge is 2.25. The Hall–Kier alpha value is -1.79.